The van der Waals surface area contributed by atoms with Gasteiger partial charge in [-0.2, -0.15) is 13.2 Å². The second-order valence-electron chi connectivity index (χ2n) is 9.22. The number of alkyl halides is 3. The summed E-state index contributed by atoms with van der Waals surface area (Å²) >= 11 is 6.03. The number of carbonyl (C=O) groups excluding carboxylic acids is 1. The standard InChI is InChI=1S/C27H28ClF3N2O2/c1-17-23(19-11-13-21(28)14-12-19)24(26(35)32(2)16-20-9-6-10-22(20)34)33(25(17)27(29,30)31)15-18-7-4-3-5-8-18/h3-5,7-8,11-14,20,22,34H,6,9-10,15-16H2,1-2H3/t20-,22-/m0/s1. The quantitative estimate of drug-likeness (QED) is 0.421. The number of aliphatic hydroxyl groups is 1. The first-order valence-corrected chi connectivity index (χ1v) is 12.0. The minimum atomic E-state index is -4.67. The Kier molecular flexibility index (Phi) is 7.29. The van der Waals surface area contributed by atoms with Crippen LogP contribution in [0.1, 0.15) is 46.6 Å². The first-order chi connectivity index (χ1) is 16.6. The number of aromatic nitrogens is 1. The minimum Gasteiger partial charge on any atom is -0.393 e. The molecule has 4 nitrogen and oxygen atoms in total. The van der Waals surface area contributed by atoms with Gasteiger partial charge in [-0.05, 0) is 48.6 Å². The molecule has 4 rings (SSSR count). The van der Waals surface area contributed by atoms with Crippen molar-refractivity contribution in [2.45, 2.75) is 45.0 Å². The predicted octanol–water partition coefficient (Wildman–Crippen LogP) is 6.42. The third-order valence-electron chi connectivity index (χ3n) is 6.77. The zero-order valence-electron chi connectivity index (χ0n) is 19.6. The Morgan fingerprint density at radius 2 is 1.77 bits per heavy atom. The van der Waals surface area contributed by atoms with Gasteiger partial charge < -0.3 is 14.6 Å². The summed E-state index contributed by atoms with van der Waals surface area (Å²) in [4.78, 5) is 15.3. The highest BCUT2D eigenvalue weighted by Crippen LogP contribution is 2.42. The van der Waals surface area contributed by atoms with Crippen LogP contribution in [0.2, 0.25) is 5.02 Å². The van der Waals surface area contributed by atoms with Crippen LogP contribution in [-0.4, -0.2) is 40.2 Å². The summed E-state index contributed by atoms with van der Waals surface area (Å²) in [5.74, 6) is -0.604. The molecule has 1 N–H and O–H groups in total. The lowest BCUT2D eigenvalue weighted by atomic mass is 9.99. The summed E-state index contributed by atoms with van der Waals surface area (Å²) in [5, 5.41) is 10.7. The Bertz CT molecular complexity index is 1190. The van der Waals surface area contributed by atoms with Gasteiger partial charge in [0, 0.05) is 36.6 Å². The van der Waals surface area contributed by atoms with E-state index in [0.717, 1.165) is 17.4 Å². The second kappa shape index (κ2) is 10.1. The van der Waals surface area contributed by atoms with Crippen molar-refractivity contribution in [2.75, 3.05) is 13.6 Å². The third-order valence-corrected chi connectivity index (χ3v) is 7.02. The minimum absolute atomic E-state index is 0.00611. The second-order valence-corrected chi connectivity index (χ2v) is 9.65. The number of benzene rings is 2. The molecule has 35 heavy (non-hydrogen) atoms. The van der Waals surface area contributed by atoms with E-state index in [9.17, 15) is 23.1 Å². The maximum atomic E-state index is 14.4. The lowest BCUT2D eigenvalue weighted by Gasteiger charge is -2.25. The number of hydrogen-bond donors (Lipinski definition) is 1. The molecule has 1 aliphatic rings. The largest absolute Gasteiger partial charge is 0.431 e. The number of hydrogen-bond acceptors (Lipinski definition) is 2. The van der Waals surface area contributed by atoms with Gasteiger partial charge in [0.15, 0.2) is 0 Å². The summed E-state index contributed by atoms with van der Waals surface area (Å²) < 4.78 is 44.4. The summed E-state index contributed by atoms with van der Waals surface area (Å²) in [6, 6.07) is 15.3. The van der Waals surface area contributed by atoms with E-state index in [-0.39, 0.29) is 35.8 Å². The Hall–Kier alpha value is -2.77. The van der Waals surface area contributed by atoms with Gasteiger partial charge in [0.25, 0.3) is 5.91 Å². The highest BCUT2D eigenvalue weighted by Gasteiger charge is 2.42. The molecule has 186 valence electrons. The molecule has 1 aromatic heterocycles. The zero-order valence-corrected chi connectivity index (χ0v) is 20.4. The van der Waals surface area contributed by atoms with Crippen LogP contribution >= 0.6 is 11.6 Å². The zero-order chi connectivity index (χ0) is 25.3. The Morgan fingerprint density at radius 3 is 2.34 bits per heavy atom. The molecule has 1 aliphatic carbocycles. The van der Waals surface area contributed by atoms with Crippen LogP contribution in [0.5, 0.6) is 0 Å². The van der Waals surface area contributed by atoms with Gasteiger partial charge in [-0.1, -0.05) is 60.5 Å². The van der Waals surface area contributed by atoms with Crippen molar-refractivity contribution in [2.24, 2.45) is 5.92 Å². The first kappa shape index (κ1) is 25.3. The van der Waals surface area contributed by atoms with Gasteiger partial charge in [0.05, 0.1) is 6.10 Å². The molecule has 1 fully saturated rings. The highest BCUT2D eigenvalue weighted by atomic mass is 35.5. The van der Waals surface area contributed by atoms with Crippen LogP contribution in [0.4, 0.5) is 13.2 Å². The molecule has 1 saturated carbocycles. The first-order valence-electron chi connectivity index (χ1n) is 11.6. The van der Waals surface area contributed by atoms with E-state index < -0.39 is 23.9 Å². The SMILES string of the molecule is Cc1c(-c2ccc(Cl)cc2)c(C(=O)N(C)C[C@@H]2CCC[C@@H]2O)n(Cc2ccccc2)c1C(F)(F)F. The van der Waals surface area contributed by atoms with E-state index in [1.165, 1.54) is 11.8 Å². The fraction of sp³-hybridized carbons (Fsp3) is 0.370. The molecule has 1 heterocycles. The van der Waals surface area contributed by atoms with Crippen molar-refractivity contribution in [3.8, 4) is 11.1 Å². The molecule has 0 spiro atoms. The van der Waals surface area contributed by atoms with Crippen LogP contribution in [0.15, 0.2) is 54.6 Å². The average Bonchev–Trinajstić information content (AvgIpc) is 3.34. The van der Waals surface area contributed by atoms with Gasteiger partial charge in [0.2, 0.25) is 0 Å². The molecule has 0 bridgehead atoms. The molecule has 1 amide bonds. The van der Waals surface area contributed by atoms with Crippen molar-refractivity contribution in [1.82, 2.24) is 9.47 Å². The van der Waals surface area contributed by atoms with E-state index in [0.29, 0.717) is 22.6 Å². The molecule has 8 heteroatoms. The van der Waals surface area contributed by atoms with Gasteiger partial charge in [-0.15, -0.1) is 0 Å². The Labute approximate surface area is 207 Å². The summed E-state index contributed by atoms with van der Waals surface area (Å²) in [6.45, 7) is 1.58. The fourth-order valence-electron chi connectivity index (χ4n) is 5.07. The van der Waals surface area contributed by atoms with Crippen LogP contribution in [0.3, 0.4) is 0 Å². The maximum Gasteiger partial charge on any atom is 0.431 e. The van der Waals surface area contributed by atoms with Crippen molar-refractivity contribution in [1.29, 1.82) is 0 Å². The number of aliphatic hydroxyl groups excluding tert-OH is 1. The van der Waals surface area contributed by atoms with Crippen molar-refractivity contribution < 1.29 is 23.1 Å². The smallest absolute Gasteiger partial charge is 0.393 e. The summed E-state index contributed by atoms with van der Waals surface area (Å²) in [6.07, 6.45) is -2.86. The number of carbonyl (C=O) groups is 1. The molecule has 0 radical (unpaired) electrons. The third kappa shape index (κ3) is 5.26. The lowest BCUT2D eigenvalue weighted by Crippen LogP contribution is -2.36. The van der Waals surface area contributed by atoms with E-state index in [1.807, 2.05) is 0 Å². The van der Waals surface area contributed by atoms with E-state index >= 15 is 0 Å². The molecular formula is C27H28ClF3N2O2. The van der Waals surface area contributed by atoms with Crippen molar-refractivity contribution >= 4 is 17.5 Å². The number of rotatable bonds is 6. The fourth-order valence-corrected chi connectivity index (χ4v) is 5.20. The molecule has 0 unspecified atom stereocenters. The van der Waals surface area contributed by atoms with Crippen molar-refractivity contribution in [3.05, 3.63) is 82.1 Å². The summed E-state index contributed by atoms with van der Waals surface area (Å²) in [7, 11) is 1.58. The van der Waals surface area contributed by atoms with Gasteiger partial charge in [-0.25, -0.2) is 0 Å². The molecule has 3 aromatic rings. The van der Waals surface area contributed by atoms with Gasteiger partial charge >= 0.3 is 6.18 Å². The summed E-state index contributed by atoms with van der Waals surface area (Å²) in [5.41, 5.74) is 0.516. The van der Waals surface area contributed by atoms with Gasteiger partial charge in [-0.3, -0.25) is 4.79 Å². The van der Waals surface area contributed by atoms with Gasteiger partial charge in [0.1, 0.15) is 11.4 Å². The topological polar surface area (TPSA) is 45.5 Å². The monoisotopic (exact) mass is 504 g/mol. The Balaban J connectivity index is 1.89. The van der Waals surface area contributed by atoms with Crippen LogP contribution < -0.4 is 0 Å². The number of halogens is 4. The Morgan fingerprint density at radius 1 is 1.11 bits per heavy atom. The molecule has 2 atom stereocenters. The van der Waals surface area contributed by atoms with Crippen LogP contribution in [0, 0.1) is 12.8 Å². The lowest BCUT2D eigenvalue weighted by molar-refractivity contribution is -0.143. The number of nitrogens with zero attached hydrogens (tertiary/aromatic N) is 2. The van der Waals surface area contributed by atoms with E-state index in [1.54, 1.807) is 61.6 Å². The van der Waals surface area contributed by atoms with Crippen LogP contribution in [-0.2, 0) is 12.7 Å². The molecule has 0 saturated heterocycles. The maximum absolute atomic E-state index is 14.4. The molecule has 2 aromatic carbocycles. The number of amides is 1. The predicted molar refractivity (Wildman–Crippen MR) is 130 cm³/mol. The van der Waals surface area contributed by atoms with Crippen molar-refractivity contribution in [3.63, 3.8) is 0 Å². The molecule has 0 aliphatic heterocycles. The van der Waals surface area contributed by atoms with E-state index in [2.05, 4.69) is 0 Å². The van der Waals surface area contributed by atoms with E-state index in [4.69, 9.17) is 11.6 Å². The average molecular weight is 505 g/mol. The van der Waals surface area contributed by atoms with Crippen LogP contribution in [0.25, 0.3) is 11.1 Å². The normalized spacial score (nSPS) is 18.1. The molecular weight excluding hydrogens is 477 g/mol. The highest BCUT2D eigenvalue weighted by molar-refractivity contribution is 6.30.